The molecule has 0 aliphatic rings. The van der Waals surface area contributed by atoms with E-state index in [1.807, 2.05) is 6.08 Å². The van der Waals surface area contributed by atoms with Gasteiger partial charge in [-0.1, -0.05) is 210 Å². The third-order valence-corrected chi connectivity index (χ3v) is 11.8. The van der Waals surface area contributed by atoms with Gasteiger partial charge in [0.1, 0.15) is 0 Å². The fourth-order valence-corrected chi connectivity index (χ4v) is 7.71. The van der Waals surface area contributed by atoms with Crippen LogP contribution in [0.3, 0.4) is 0 Å². The number of carbonyl (C=O) groups is 2. The van der Waals surface area contributed by atoms with E-state index in [0.717, 1.165) is 83.5 Å². The van der Waals surface area contributed by atoms with Crippen molar-refractivity contribution in [1.29, 1.82) is 0 Å². The number of rotatable bonds is 48. The van der Waals surface area contributed by atoms with Gasteiger partial charge in [-0.2, -0.15) is 0 Å². The van der Waals surface area contributed by atoms with E-state index in [-0.39, 0.29) is 18.5 Å². The van der Waals surface area contributed by atoms with Crippen molar-refractivity contribution in [3.05, 3.63) is 48.6 Å². The molecule has 1 amide bonds. The summed E-state index contributed by atoms with van der Waals surface area (Å²) in [4.78, 5) is 24.4. The fraction of sp³-hybridized carbons (Fsp3) is 0.818. The molecule has 0 fully saturated rings. The Morgan fingerprint density at radius 1 is 0.459 bits per heavy atom. The van der Waals surface area contributed by atoms with E-state index >= 15 is 0 Å². The predicted molar refractivity (Wildman–Crippen MR) is 264 cm³/mol. The van der Waals surface area contributed by atoms with Gasteiger partial charge in [0.05, 0.1) is 25.4 Å². The first-order valence-corrected chi connectivity index (χ1v) is 26.4. The van der Waals surface area contributed by atoms with Crippen molar-refractivity contribution in [1.82, 2.24) is 5.32 Å². The molecule has 6 heteroatoms. The second-order valence-electron chi connectivity index (χ2n) is 17.8. The van der Waals surface area contributed by atoms with E-state index in [1.54, 1.807) is 6.08 Å². The van der Waals surface area contributed by atoms with Gasteiger partial charge in [-0.05, 0) is 89.9 Å². The van der Waals surface area contributed by atoms with E-state index < -0.39 is 12.1 Å². The van der Waals surface area contributed by atoms with Crippen LogP contribution in [-0.4, -0.2) is 47.4 Å². The standard InChI is InChI=1S/C55H101NO5/c1-3-5-7-9-11-13-15-17-18-21-25-29-33-37-41-45-49-55(60)61-50-46-42-38-34-30-26-22-19-20-24-28-32-36-40-44-48-54(59)56-52(51-57)53(58)47-43-39-35-31-27-23-16-14-12-10-8-6-4-2/h13,15,18,21-22,26,43,47,52-53,57-58H,3-12,14,16-17,19-20,23-25,27-42,44-46,48-51H2,1-2H3,(H,56,59)/b15-13-,21-18-,26-22-,47-43+. The minimum atomic E-state index is -0.855. The van der Waals surface area contributed by atoms with E-state index in [2.05, 4.69) is 55.6 Å². The molecule has 0 aromatic rings. The Morgan fingerprint density at radius 2 is 0.820 bits per heavy atom. The highest BCUT2D eigenvalue weighted by atomic mass is 16.5. The first kappa shape index (κ1) is 58.8. The lowest BCUT2D eigenvalue weighted by molar-refractivity contribution is -0.143. The Balaban J connectivity index is 3.52. The average Bonchev–Trinajstić information content (AvgIpc) is 3.26. The van der Waals surface area contributed by atoms with Crippen molar-refractivity contribution in [3.63, 3.8) is 0 Å². The quantitative estimate of drug-likeness (QED) is 0.0322. The summed E-state index contributed by atoms with van der Waals surface area (Å²) in [6, 6.07) is -0.640. The van der Waals surface area contributed by atoms with Gasteiger partial charge in [0.2, 0.25) is 5.91 Å². The lowest BCUT2D eigenvalue weighted by Crippen LogP contribution is -2.45. The topological polar surface area (TPSA) is 95.9 Å². The number of aliphatic hydroxyl groups is 2. The normalized spacial score (nSPS) is 13.0. The van der Waals surface area contributed by atoms with Crippen molar-refractivity contribution in [3.8, 4) is 0 Å². The molecule has 61 heavy (non-hydrogen) atoms. The van der Waals surface area contributed by atoms with Gasteiger partial charge in [0.15, 0.2) is 0 Å². The predicted octanol–water partition coefficient (Wildman–Crippen LogP) is 15.8. The molecule has 0 aromatic carbocycles. The molecule has 0 saturated carbocycles. The molecule has 0 aromatic heterocycles. The third kappa shape index (κ3) is 47.1. The molecule has 0 aliphatic carbocycles. The van der Waals surface area contributed by atoms with Crippen molar-refractivity contribution < 1.29 is 24.5 Å². The summed E-state index contributed by atoms with van der Waals surface area (Å²) in [5.74, 6) is -0.111. The number of unbranched alkanes of at least 4 members (excludes halogenated alkanes) is 31. The van der Waals surface area contributed by atoms with Gasteiger partial charge in [-0.15, -0.1) is 0 Å². The lowest BCUT2D eigenvalue weighted by Gasteiger charge is -2.20. The Kier molecular flexibility index (Phi) is 48.7. The molecular formula is C55H101NO5. The Bertz CT molecular complexity index is 1040. The van der Waals surface area contributed by atoms with Crippen LogP contribution in [0.25, 0.3) is 0 Å². The van der Waals surface area contributed by atoms with Crippen LogP contribution in [0.5, 0.6) is 0 Å². The van der Waals surface area contributed by atoms with E-state index in [4.69, 9.17) is 4.74 Å². The lowest BCUT2D eigenvalue weighted by atomic mass is 10.0. The molecule has 356 valence electrons. The highest BCUT2D eigenvalue weighted by Gasteiger charge is 2.18. The first-order valence-electron chi connectivity index (χ1n) is 26.4. The monoisotopic (exact) mass is 856 g/mol. The number of carbonyl (C=O) groups excluding carboxylic acids is 2. The molecule has 3 N–H and O–H groups in total. The largest absolute Gasteiger partial charge is 0.466 e. The number of nitrogens with one attached hydrogen (secondary N) is 1. The zero-order valence-corrected chi connectivity index (χ0v) is 40.4. The van der Waals surface area contributed by atoms with Crippen molar-refractivity contribution in [2.45, 2.75) is 276 Å². The van der Waals surface area contributed by atoms with Crippen LogP contribution in [0.4, 0.5) is 0 Å². The van der Waals surface area contributed by atoms with Crippen LogP contribution in [0.2, 0.25) is 0 Å². The van der Waals surface area contributed by atoms with Crippen LogP contribution in [0, 0.1) is 0 Å². The van der Waals surface area contributed by atoms with Gasteiger partial charge in [-0.25, -0.2) is 0 Å². The van der Waals surface area contributed by atoms with Crippen LogP contribution >= 0.6 is 0 Å². The van der Waals surface area contributed by atoms with E-state index in [0.29, 0.717) is 19.4 Å². The maximum Gasteiger partial charge on any atom is 0.305 e. The number of hydrogen-bond acceptors (Lipinski definition) is 5. The molecule has 0 aliphatic heterocycles. The van der Waals surface area contributed by atoms with Gasteiger partial charge in [0, 0.05) is 12.8 Å². The molecule has 0 spiro atoms. The van der Waals surface area contributed by atoms with Crippen molar-refractivity contribution in [2.75, 3.05) is 13.2 Å². The second-order valence-corrected chi connectivity index (χ2v) is 17.8. The summed E-state index contributed by atoms with van der Waals surface area (Å²) >= 11 is 0. The van der Waals surface area contributed by atoms with Crippen molar-refractivity contribution in [2.24, 2.45) is 0 Å². The molecule has 2 atom stereocenters. The molecule has 2 unspecified atom stereocenters. The molecule has 0 saturated heterocycles. The summed E-state index contributed by atoms with van der Waals surface area (Å²) in [6.07, 6.45) is 62.5. The summed E-state index contributed by atoms with van der Waals surface area (Å²) < 4.78 is 5.45. The number of esters is 1. The molecule has 0 radical (unpaired) electrons. The van der Waals surface area contributed by atoms with Gasteiger partial charge < -0.3 is 20.3 Å². The SMILES string of the molecule is CCCCCC/C=C\C/C=C\CCCCCCCC(=O)OCCCCCC/C=C\CCCCCCCCCC(=O)NC(CO)C(O)/C=C/CCCCCCCCCCCCC. The fourth-order valence-electron chi connectivity index (χ4n) is 7.71. The van der Waals surface area contributed by atoms with Gasteiger partial charge in [-0.3, -0.25) is 9.59 Å². The van der Waals surface area contributed by atoms with Crippen molar-refractivity contribution >= 4 is 11.9 Å². The minimum Gasteiger partial charge on any atom is -0.466 e. The van der Waals surface area contributed by atoms with E-state index in [9.17, 15) is 19.8 Å². The highest BCUT2D eigenvalue weighted by molar-refractivity contribution is 5.76. The molecule has 0 heterocycles. The second kappa shape index (κ2) is 50.5. The van der Waals surface area contributed by atoms with Gasteiger partial charge >= 0.3 is 5.97 Å². The Hall–Kier alpha value is -2.18. The Morgan fingerprint density at radius 3 is 1.28 bits per heavy atom. The van der Waals surface area contributed by atoms with Gasteiger partial charge in [0.25, 0.3) is 0 Å². The number of allylic oxidation sites excluding steroid dienone is 7. The van der Waals surface area contributed by atoms with E-state index in [1.165, 1.54) is 154 Å². The van der Waals surface area contributed by atoms with Crippen LogP contribution in [0.1, 0.15) is 264 Å². The maximum atomic E-state index is 12.4. The molecular weight excluding hydrogens is 755 g/mol. The summed E-state index contributed by atoms with van der Waals surface area (Å²) in [5, 5.41) is 23.0. The summed E-state index contributed by atoms with van der Waals surface area (Å²) in [5.41, 5.74) is 0. The number of hydrogen-bond donors (Lipinski definition) is 3. The molecule has 6 nitrogen and oxygen atoms in total. The number of amides is 1. The zero-order valence-electron chi connectivity index (χ0n) is 40.4. The number of ether oxygens (including phenoxy) is 1. The Labute approximate surface area is 378 Å². The van der Waals surface area contributed by atoms with Crippen LogP contribution in [-0.2, 0) is 14.3 Å². The minimum absolute atomic E-state index is 0.0256. The van der Waals surface area contributed by atoms with Crippen LogP contribution in [0.15, 0.2) is 48.6 Å². The number of aliphatic hydroxyl groups excluding tert-OH is 2. The highest BCUT2D eigenvalue weighted by Crippen LogP contribution is 2.14. The molecule has 0 bridgehead atoms. The maximum absolute atomic E-state index is 12.4. The summed E-state index contributed by atoms with van der Waals surface area (Å²) in [7, 11) is 0. The summed E-state index contributed by atoms with van der Waals surface area (Å²) in [6.45, 7) is 4.83. The first-order chi connectivity index (χ1) is 30.0. The zero-order chi connectivity index (χ0) is 44.4. The average molecular weight is 856 g/mol. The van der Waals surface area contributed by atoms with Crippen LogP contribution < -0.4 is 5.32 Å². The third-order valence-electron chi connectivity index (χ3n) is 11.8. The smallest absolute Gasteiger partial charge is 0.305 e. The molecule has 0 rings (SSSR count).